The van der Waals surface area contributed by atoms with E-state index in [1.165, 1.54) is 19.1 Å². The molecule has 128 valence electrons. The fraction of sp³-hybridized carbons (Fsp3) is 0.250. The molecule has 1 aromatic heterocycles. The number of anilines is 2. The van der Waals surface area contributed by atoms with E-state index < -0.39 is 29.2 Å². The number of nitrogens with one attached hydrogen (secondary N) is 1. The second-order valence-electron chi connectivity index (χ2n) is 5.05. The maximum atomic E-state index is 13.6. The summed E-state index contributed by atoms with van der Waals surface area (Å²) in [6, 6.07) is 6.32. The van der Waals surface area contributed by atoms with Crippen molar-refractivity contribution in [1.29, 1.82) is 0 Å². The first-order chi connectivity index (χ1) is 11.3. The van der Waals surface area contributed by atoms with Gasteiger partial charge in [-0.2, -0.15) is 22.5 Å². The molecule has 0 saturated heterocycles. The number of hydrogen-bond acceptors (Lipinski definition) is 3. The SMILES string of the molecule is CCN(Cc1cccc(Nc2c(F)c(F)nc(F)c2F)c1)C(C)=O. The first-order valence-corrected chi connectivity index (χ1v) is 7.15. The molecular weight excluding hydrogens is 326 g/mol. The minimum Gasteiger partial charge on any atom is -0.350 e. The van der Waals surface area contributed by atoms with Crippen LogP contribution in [0.1, 0.15) is 19.4 Å². The molecule has 24 heavy (non-hydrogen) atoms. The molecule has 1 amide bonds. The fourth-order valence-corrected chi connectivity index (χ4v) is 2.15. The minimum atomic E-state index is -1.73. The molecule has 1 aromatic carbocycles. The van der Waals surface area contributed by atoms with Crippen LogP contribution in [0, 0.1) is 23.5 Å². The number of nitrogens with zero attached hydrogens (tertiary/aromatic N) is 2. The highest BCUT2D eigenvalue weighted by Gasteiger charge is 2.21. The molecular formula is C16H15F4N3O. The number of amides is 1. The Bertz CT molecular complexity index is 741. The number of hydrogen-bond donors (Lipinski definition) is 1. The predicted molar refractivity (Wildman–Crippen MR) is 80.6 cm³/mol. The summed E-state index contributed by atoms with van der Waals surface area (Å²) < 4.78 is 53.5. The van der Waals surface area contributed by atoms with Crippen LogP contribution >= 0.6 is 0 Å². The highest BCUT2D eigenvalue weighted by molar-refractivity contribution is 5.73. The zero-order valence-electron chi connectivity index (χ0n) is 13.0. The third kappa shape index (κ3) is 3.81. The van der Waals surface area contributed by atoms with Gasteiger partial charge in [-0.25, -0.2) is 0 Å². The summed E-state index contributed by atoms with van der Waals surface area (Å²) in [5.74, 6) is -6.81. The van der Waals surface area contributed by atoms with Crippen LogP contribution in [0.5, 0.6) is 0 Å². The van der Waals surface area contributed by atoms with Gasteiger partial charge in [-0.3, -0.25) is 4.79 Å². The molecule has 0 radical (unpaired) electrons. The Morgan fingerprint density at radius 1 is 1.17 bits per heavy atom. The number of carbonyl (C=O) groups is 1. The van der Waals surface area contributed by atoms with Crippen LogP contribution in [0.15, 0.2) is 24.3 Å². The molecule has 0 bridgehead atoms. The molecule has 0 aliphatic heterocycles. The van der Waals surface area contributed by atoms with Gasteiger partial charge in [-0.15, -0.1) is 0 Å². The van der Waals surface area contributed by atoms with Gasteiger partial charge in [-0.05, 0) is 24.6 Å². The third-order valence-corrected chi connectivity index (χ3v) is 3.39. The Morgan fingerprint density at radius 2 is 1.79 bits per heavy atom. The molecule has 0 aliphatic carbocycles. The number of halogens is 4. The van der Waals surface area contributed by atoms with Crippen LogP contribution in [-0.4, -0.2) is 22.3 Å². The van der Waals surface area contributed by atoms with Crippen LogP contribution < -0.4 is 5.32 Å². The number of benzene rings is 1. The Hall–Kier alpha value is -2.64. The van der Waals surface area contributed by atoms with Gasteiger partial charge >= 0.3 is 0 Å². The topological polar surface area (TPSA) is 45.2 Å². The van der Waals surface area contributed by atoms with E-state index in [-0.39, 0.29) is 11.6 Å². The second kappa shape index (κ2) is 7.29. The van der Waals surface area contributed by atoms with Gasteiger partial charge in [0.25, 0.3) is 11.9 Å². The van der Waals surface area contributed by atoms with Gasteiger partial charge in [-0.1, -0.05) is 12.1 Å². The van der Waals surface area contributed by atoms with Crippen molar-refractivity contribution in [3.05, 3.63) is 53.4 Å². The largest absolute Gasteiger partial charge is 0.350 e. The number of carbonyl (C=O) groups excluding carboxylic acids is 1. The summed E-state index contributed by atoms with van der Waals surface area (Å²) in [4.78, 5) is 15.5. The van der Waals surface area contributed by atoms with Gasteiger partial charge < -0.3 is 10.2 Å². The monoisotopic (exact) mass is 341 g/mol. The van der Waals surface area contributed by atoms with Gasteiger partial charge in [0.05, 0.1) is 0 Å². The zero-order valence-corrected chi connectivity index (χ0v) is 13.0. The van der Waals surface area contributed by atoms with E-state index in [1.807, 2.05) is 6.92 Å². The first-order valence-electron chi connectivity index (χ1n) is 7.15. The summed E-state index contributed by atoms with van der Waals surface area (Å²) in [6.07, 6.45) is 0. The number of rotatable bonds is 5. The minimum absolute atomic E-state index is 0.119. The highest BCUT2D eigenvalue weighted by atomic mass is 19.2. The van der Waals surface area contributed by atoms with Gasteiger partial charge in [0.2, 0.25) is 17.5 Å². The summed E-state index contributed by atoms with van der Waals surface area (Å²) in [5, 5.41) is 2.31. The lowest BCUT2D eigenvalue weighted by atomic mass is 10.1. The molecule has 0 fully saturated rings. The summed E-state index contributed by atoms with van der Waals surface area (Å²) >= 11 is 0. The lowest BCUT2D eigenvalue weighted by Crippen LogP contribution is -2.27. The van der Waals surface area contributed by atoms with E-state index in [1.54, 1.807) is 17.0 Å². The van der Waals surface area contributed by atoms with Crippen molar-refractivity contribution in [1.82, 2.24) is 9.88 Å². The van der Waals surface area contributed by atoms with E-state index in [0.717, 1.165) is 0 Å². The third-order valence-electron chi connectivity index (χ3n) is 3.39. The van der Waals surface area contributed by atoms with E-state index in [9.17, 15) is 22.4 Å². The summed E-state index contributed by atoms with van der Waals surface area (Å²) in [5.41, 5.74) is -0.0566. The highest BCUT2D eigenvalue weighted by Crippen LogP contribution is 2.26. The molecule has 2 aromatic rings. The Balaban J connectivity index is 2.29. The lowest BCUT2D eigenvalue weighted by Gasteiger charge is -2.19. The quantitative estimate of drug-likeness (QED) is 0.665. The zero-order chi connectivity index (χ0) is 17.9. The molecule has 1 heterocycles. The first kappa shape index (κ1) is 17.7. The molecule has 1 N–H and O–H groups in total. The van der Waals surface area contributed by atoms with Gasteiger partial charge in [0.15, 0.2) is 0 Å². The second-order valence-corrected chi connectivity index (χ2v) is 5.05. The van der Waals surface area contributed by atoms with Crippen LogP contribution in [0.4, 0.5) is 28.9 Å². The van der Waals surface area contributed by atoms with Gasteiger partial charge in [0.1, 0.15) is 5.69 Å². The number of pyridine rings is 1. The van der Waals surface area contributed by atoms with E-state index in [4.69, 9.17) is 0 Å². The molecule has 0 unspecified atom stereocenters. The van der Waals surface area contributed by atoms with Gasteiger partial charge in [0, 0.05) is 25.7 Å². The normalized spacial score (nSPS) is 10.6. The average Bonchev–Trinajstić information content (AvgIpc) is 2.55. The van der Waals surface area contributed by atoms with Crippen molar-refractivity contribution in [2.24, 2.45) is 0 Å². The fourth-order valence-electron chi connectivity index (χ4n) is 2.15. The predicted octanol–water partition coefficient (Wildman–Crippen LogP) is 3.75. The molecule has 0 saturated carbocycles. The Kier molecular flexibility index (Phi) is 5.38. The van der Waals surface area contributed by atoms with E-state index in [2.05, 4.69) is 10.3 Å². The smallest absolute Gasteiger partial charge is 0.253 e. The van der Waals surface area contributed by atoms with Crippen molar-refractivity contribution >= 4 is 17.3 Å². The van der Waals surface area contributed by atoms with Crippen LogP contribution in [-0.2, 0) is 11.3 Å². The summed E-state index contributed by atoms with van der Waals surface area (Å²) in [6.45, 7) is 4.04. The van der Waals surface area contributed by atoms with Crippen LogP contribution in [0.3, 0.4) is 0 Å². The summed E-state index contributed by atoms with van der Waals surface area (Å²) in [7, 11) is 0. The van der Waals surface area contributed by atoms with Crippen molar-refractivity contribution in [3.63, 3.8) is 0 Å². The van der Waals surface area contributed by atoms with Crippen LogP contribution in [0.25, 0.3) is 0 Å². The van der Waals surface area contributed by atoms with E-state index in [0.29, 0.717) is 18.7 Å². The Labute approximate surface area is 136 Å². The molecule has 2 rings (SSSR count). The van der Waals surface area contributed by atoms with Crippen molar-refractivity contribution < 1.29 is 22.4 Å². The maximum Gasteiger partial charge on any atom is 0.253 e. The molecule has 0 atom stereocenters. The standard InChI is InChI=1S/C16H15F4N3O/c1-3-23(9(2)24)8-10-5-4-6-11(7-10)21-14-12(17)15(19)22-16(20)13(14)18/h4-7H,3,8H2,1-2H3,(H,21,22). The Morgan fingerprint density at radius 3 is 2.33 bits per heavy atom. The molecule has 0 spiro atoms. The van der Waals surface area contributed by atoms with Crippen LogP contribution in [0.2, 0.25) is 0 Å². The molecule has 0 aliphatic rings. The molecule has 4 nitrogen and oxygen atoms in total. The van der Waals surface area contributed by atoms with E-state index >= 15 is 0 Å². The van der Waals surface area contributed by atoms with Crippen molar-refractivity contribution in [2.75, 3.05) is 11.9 Å². The lowest BCUT2D eigenvalue weighted by molar-refractivity contribution is -0.129. The number of aromatic nitrogens is 1. The maximum absolute atomic E-state index is 13.6. The molecule has 8 heteroatoms. The average molecular weight is 341 g/mol. The van der Waals surface area contributed by atoms with Crippen molar-refractivity contribution in [3.8, 4) is 0 Å². The van der Waals surface area contributed by atoms with Crippen molar-refractivity contribution in [2.45, 2.75) is 20.4 Å².